The Bertz CT molecular complexity index is 700. The van der Waals surface area contributed by atoms with Gasteiger partial charge in [0, 0.05) is 25.1 Å². The molecule has 1 aromatic heterocycles. The number of para-hydroxylation sites is 2. The van der Waals surface area contributed by atoms with E-state index in [1.54, 1.807) is 6.92 Å². The van der Waals surface area contributed by atoms with Gasteiger partial charge in [0.05, 0.1) is 11.0 Å². The van der Waals surface area contributed by atoms with Crippen molar-refractivity contribution in [3.05, 3.63) is 42.2 Å². The first-order chi connectivity index (χ1) is 11.5. The molecule has 130 valence electrons. The van der Waals surface area contributed by atoms with Crippen molar-refractivity contribution in [3.8, 4) is 0 Å². The van der Waals surface area contributed by atoms with E-state index in [-0.39, 0.29) is 5.91 Å². The van der Waals surface area contributed by atoms with Crippen LogP contribution in [0.2, 0.25) is 0 Å². The van der Waals surface area contributed by atoms with E-state index < -0.39 is 0 Å². The van der Waals surface area contributed by atoms with Crippen molar-refractivity contribution in [1.82, 2.24) is 14.9 Å². The molecule has 0 saturated heterocycles. The van der Waals surface area contributed by atoms with Gasteiger partial charge in [-0.15, -0.1) is 0 Å². The summed E-state index contributed by atoms with van der Waals surface area (Å²) in [6.07, 6.45) is 4.14. The second kappa shape index (κ2) is 8.67. The SMILES string of the molecule is C=C(C)C(=O)NCCCCCc1nc2ccccc2n1CC(C)C. The molecule has 0 aliphatic carbocycles. The maximum atomic E-state index is 11.4. The minimum Gasteiger partial charge on any atom is -0.352 e. The van der Waals surface area contributed by atoms with Gasteiger partial charge in [-0.1, -0.05) is 39.0 Å². The normalized spacial score (nSPS) is 11.2. The van der Waals surface area contributed by atoms with Gasteiger partial charge < -0.3 is 9.88 Å². The van der Waals surface area contributed by atoms with Crippen LogP contribution in [0.25, 0.3) is 11.0 Å². The lowest BCUT2D eigenvalue weighted by Crippen LogP contribution is -2.24. The number of unbranched alkanes of at least 4 members (excludes halogenated alkanes) is 2. The summed E-state index contributed by atoms with van der Waals surface area (Å²) in [6, 6.07) is 8.36. The van der Waals surface area contributed by atoms with Crippen LogP contribution >= 0.6 is 0 Å². The van der Waals surface area contributed by atoms with Crippen LogP contribution in [0.1, 0.15) is 45.9 Å². The zero-order valence-corrected chi connectivity index (χ0v) is 15.1. The number of nitrogens with zero attached hydrogens (tertiary/aromatic N) is 2. The summed E-state index contributed by atoms with van der Waals surface area (Å²) in [7, 11) is 0. The molecule has 1 amide bonds. The number of hydrogen-bond acceptors (Lipinski definition) is 2. The highest BCUT2D eigenvalue weighted by molar-refractivity contribution is 5.92. The van der Waals surface area contributed by atoms with E-state index >= 15 is 0 Å². The van der Waals surface area contributed by atoms with Gasteiger partial charge in [-0.2, -0.15) is 0 Å². The summed E-state index contributed by atoms with van der Waals surface area (Å²) < 4.78 is 2.36. The predicted octanol–water partition coefficient (Wildman–Crippen LogP) is 4.10. The Hall–Kier alpha value is -2.10. The molecular formula is C20H29N3O. The van der Waals surface area contributed by atoms with Gasteiger partial charge in [-0.3, -0.25) is 4.79 Å². The second-order valence-corrected chi connectivity index (χ2v) is 6.87. The molecule has 0 aliphatic rings. The Morgan fingerprint density at radius 3 is 2.71 bits per heavy atom. The van der Waals surface area contributed by atoms with Crippen molar-refractivity contribution < 1.29 is 4.79 Å². The smallest absolute Gasteiger partial charge is 0.246 e. The molecule has 0 unspecified atom stereocenters. The first-order valence-electron chi connectivity index (χ1n) is 8.87. The summed E-state index contributed by atoms with van der Waals surface area (Å²) in [5.41, 5.74) is 2.88. The fraction of sp³-hybridized carbons (Fsp3) is 0.500. The monoisotopic (exact) mass is 327 g/mol. The number of nitrogens with one attached hydrogen (secondary N) is 1. The average molecular weight is 327 g/mol. The molecule has 0 radical (unpaired) electrons. The van der Waals surface area contributed by atoms with Crippen LogP contribution in [-0.4, -0.2) is 22.0 Å². The molecule has 0 bridgehead atoms. The number of aromatic nitrogens is 2. The van der Waals surface area contributed by atoms with Crippen molar-refractivity contribution in [2.75, 3.05) is 6.54 Å². The number of rotatable bonds is 9. The molecule has 2 rings (SSSR count). The van der Waals surface area contributed by atoms with Gasteiger partial charge in [0.15, 0.2) is 0 Å². The fourth-order valence-corrected chi connectivity index (χ4v) is 2.82. The molecule has 2 aromatic rings. The fourth-order valence-electron chi connectivity index (χ4n) is 2.82. The van der Waals surface area contributed by atoms with E-state index in [0.717, 1.165) is 37.7 Å². The van der Waals surface area contributed by atoms with E-state index in [1.165, 1.54) is 11.3 Å². The lowest BCUT2D eigenvalue weighted by molar-refractivity contribution is -0.117. The van der Waals surface area contributed by atoms with E-state index in [2.05, 4.69) is 48.5 Å². The van der Waals surface area contributed by atoms with E-state index in [1.807, 2.05) is 6.07 Å². The molecular weight excluding hydrogens is 298 g/mol. The van der Waals surface area contributed by atoms with E-state index in [0.29, 0.717) is 18.0 Å². The Morgan fingerprint density at radius 1 is 1.25 bits per heavy atom. The van der Waals surface area contributed by atoms with Crippen LogP contribution in [-0.2, 0) is 17.8 Å². The molecule has 1 heterocycles. The third kappa shape index (κ3) is 4.95. The number of carbonyl (C=O) groups is 1. The number of carbonyl (C=O) groups excluding carboxylic acids is 1. The predicted molar refractivity (Wildman–Crippen MR) is 99.9 cm³/mol. The van der Waals surface area contributed by atoms with Gasteiger partial charge in [-0.05, 0) is 37.8 Å². The second-order valence-electron chi connectivity index (χ2n) is 6.87. The largest absolute Gasteiger partial charge is 0.352 e. The zero-order chi connectivity index (χ0) is 17.5. The van der Waals surface area contributed by atoms with Gasteiger partial charge in [-0.25, -0.2) is 4.98 Å². The maximum absolute atomic E-state index is 11.4. The van der Waals surface area contributed by atoms with Gasteiger partial charge >= 0.3 is 0 Å². The average Bonchev–Trinajstić information content (AvgIpc) is 2.87. The Labute approximate surface area is 145 Å². The summed E-state index contributed by atoms with van der Waals surface area (Å²) in [5, 5.41) is 2.88. The molecule has 1 aromatic carbocycles. The van der Waals surface area contributed by atoms with Crippen LogP contribution in [0.15, 0.2) is 36.4 Å². The summed E-state index contributed by atoms with van der Waals surface area (Å²) in [5.74, 6) is 1.73. The Balaban J connectivity index is 1.88. The van der Waals surface area contributed by atoms with E-state index in [4.69, 9.17) is 4.98 Å². The molecule has 0 fully saturated rings. The van der Waals surface area contributed by atoms with Crippen LogP contribution in [0.5, 0.6) is 0 Å². The number of hydrogen-bond donors (Lipinski definition) is 1. The molecule has 4 nitrogen and oxygen atoms in total. The third-order valence-corrected chi connectivity index (χ3v) is 4.03. The highest BCUT2D eigenvalue weighted by Gasteiger charge is 2.11. The quantitative estimate of drug-likeness (QED) is 0.557. The van der Waals surface area contributed by atoms with Crippen molar-refractivity contribution in [3.63, 3.8) is 0 Å². The molecule has 0 atom stereocenters. The summed E-state index contributed by atoms with van der Waals surface area (Å²) >= 11 is 0. The number of amides is 1. The molecule has 1 N–H and O–H groups in total. The lowest BCUT2D eigenvalue weighted by atomic mass is 10.1. The number of imidazole rings is 1. The standard InChI is InChI=1S/C20H29N3O/c1-15(2)14-23-18-11-8-7-10-17(18)22-19(23)12-6-5-9-13-21-20(24)16(3)4/h7-8,10-11,15H,3,5-6,9,12-14H2,1-2,4H3,(H,21,24). The van der Waals surface area contributed by atoms with Gasteiger partial charge in [0.25, 0.3) is 0 Å². The Kier molecular flexibility index (Phi) is 6.59. The van der Waals surface area contributed by atoms with E-state index in [9.17, 15) is 4.79 Å². The van der Waals surface area contributed by atoms with Gasteiger partial charge in [0.2, 0.25) is 5.91 Å². The molecule has 24 heavy (non-hydrogen) atoms. The van der Waals surface area contributed by atoms with Crippen molar-refractivity contribution in [2.45, 2.75) is 53.0 Å². The first-order valence-corrected chi connectivity index (χ1v) is 8.87. The summed E-state index contributed by atoms with van der Waals surface area (Å²) in [4.78, 5) is 16.2. The zero-order valence-electron chi connectivity index (χ0n) is 15.1. The highest BCUT2D eigenvalue weighted by atomic mass is 16.1. The van der Waals surface area contributed by atoms with Gasteiger partial charge in [0.1, 0.15) is 5.82 Å². The van der Waals surface area contributed by atoms with Crippen molar-refractivity contribution >= 4 is 16.9 Å². The maximum Gasteiger partial charge on any atom is 0.246 e. The Morgan fingerprint density at radius 2 is 2.00 bits per heavy atom. The first kappa shape index (κ1) is 18.2. The molecule has 4 heteroatoms. The summed E-state index contributed by atoms with van der Waals surface area (Å²) in [6.45, 7) is 11.6. The lowest BCUT2D eigenvalue weighted by Gasteiger charge is -2.12. The number of fused-ring (bicyclic) bond motifs is 1. The minimum atomic E-state index is -0.0475. The number of benzene rings is 1. The topological polar surface area (TPSA) is 46.9 Å². The van der Waals surface area contributed by atoms with Crippen LogP contribution in [0.4, 0.5) is 0 Å². The van der Waals surface area contributed by atoms with Crippen LogP contribution < -0.4 is 5.32 Å². The van der Waals surface area contributed by atoms with Crippen molar-refractivity contribution in [2.24, 2.45) is 5.92 Å². The number of aryl methyl sites for hydroxylation is 1. The highest BCUT2D eigenvalue weighted by Crippen LogP contribution is 2.19. The van der Waals surface area contributed by atoms with Crippen molar-refractivity contribution in [1.29, 1.82) is 0 Å². The molecule has 0 spiro atoms. The third-order valence-electron chi connectivity index (χ3n) is 4.03. The molecule has 0 saturated carbocycles. The molecule has 0 aliphatic heterocycles. The minimum absolute atomic E-state index is 0.0475. The van der Waals surface area contributed by atoms with Crippen LogP contribution in [0.3, 0.4) is 0 Å². The van der Waals surface area contributed by atoms with Crippen LogP contribution in [0, 0.1) is 5.92 Å².